The van der Waals surface area contributed by atoms with Gasteiger partial charge in [-0.2, -0.15) is 0 Å². The first kappa shape index (κ1) is 20.5. The Labute approximate surface area is 180 Å². The van der Waals surface area contributed by atoms with Crippen LogP contribution >= 0.6 is 11.3 Å². The smallest absolute Gasteiger partial charge is 0.238 e. The van der Waals surface area contributed by atoms with Gasteiger partial charge in [0.05, 0.1) is 19.2 Å². The number of ether oxygens (including phenoxy) is 1. The number of benzene rings is 2. The molecule has 0 spiro atoms. The summed E-state index contributed by atoms with van der Waals surface area (Å²) in [6.45, 7) is 4.21. The molecule has 0 bridgehead atoms. The van der Waals surface area contributed by atoms with Gasteiger partial charge in [0.2, 0.25) is 5.91 Å². The maximum Gasteiger partial charge on any atom is 0.238 e. The molecular formula is C23H26N4O2S. The van der Waals surface area contributed by atoms with E-state index in [4.69, 9.17) is 4.74 Å². The van der Waals surface area contributed by atoms with Gasteiger partial charge in [-0.15, -0.1) is 10.2 Å². The van der Waals surface area contributed by atoms with Crippen LogP contribution in [0.25, 0.3) is 10.6 Å². The summed E-state index contributed by atoms with van der Waals surface area (Å²) in [5, 5.41) is 13.8. The number of rotatable bonds is 6. The monoisotopic (exact) mass is 422 g/mol. The molecule has 1 fully saturated rings. The summed E-state index contributed by atoms with van der Waals surface area (Å²) in [6, 6.07) is 15.8. The van der Waals surface area contributed by atoms with E-state index in [-0.39, 0.29) is 5.91 Å². The fourth-order valence-corrected chi connectivity index (χ4v) is 4.84. The second-order valence-corrected chi connectivity index (χ2v) is 8.62. The number of methoxy groups -OCH3 is 1. The van der Waals surface area contributed by atoms with Gasteiger partial charge < -0.3 is 10.1 Å². The summed E-state index contributed by atoms with van der Waals surface area (Å²) in [5.74, 6) is 1.24. The number of hydrogen-bond acceptors (Lipinski definition) is 6. The third kappa shape index (κ3) is 4.86. The Bertz CT molecular complexity index is 1010. The van der Waals surface area contributed by atoms with Crippen molar-refractivity contribution in [3.63, 3.8) is 0 Å². The molecule has 156 valence electrons. The van der Waals surface area contributed by atoms with Crippen molar-refractivity contribution in [3.8, 4) is 16.3 Å². The highest BCUT2D eigenvalue weighted by Gasteiger charge is 2.25. The quantitative estimate of drug-likeness (QED) is 0.640. The second kappa shape index (κ2) is 9.36. The summed E-state index contributed by atoms with van der Waals surface area (Å²) in [7, 11) is 1.67. The number of aryl methyl sites for hydroxylation is 1. The largest absolute Gasteiger partial charge is 0.496 e. The van der Waals surface area contributed by atoms with Gasteiger partial charge in [-0.3, -0.25) is 9.69 Å². The number of carbonyl (C=O) groups excluding carboxylic acids is 1. The van der Waals surface area contributed by atoms with Gasteiger partial charge in [0.1, 0.15) is 10.8 Å². The summed E-state index contributed by atoms with van der Waals surface area (Å²) in [6.07, 6.45) is 1.97. The highest BCUT2D eigenvalue weighted by Crippen LogP contribution is 2.36. The molecule has 0 unspecified atom stereocenters. The fourth-order valence-electron chi connectivity index (χ4n) is 3.79. The number of para-hydroxylation sites is 1. The molecule has 0 saturated carbocycles. The van der Waals surface area contributed by atoms with E-state index >= 15 is 0 Å². The molecule has 0 aliphatic carbocycles. The van der Waals surface area contributed by atoms with Crippen molar-refractivity contribution in [2.24, 2.45) is 0 Å². The van der Waals surface area contributed by atoms with E-state index < -0.39 is 0 Å². The normalized spacial score (nSPS) is 15.1. The summed E-state index contributed by atoms with van der Waals surface area (Å²) >= 11 is 1.64. The number of anilines is 1. The number of aromatic nitrogens is 2. The molecule has 1 N–H and O–H groups in total. The molecule has 3 aromatic rings. The van der Waals surface area contributed by atoms with Crippen molar-refractivity contribution >= 4 is 22.9 Å². The van der Waals surface area contributed by atoms with E-state index in [1.807, 2.05) is 55.5 Å². The minimum atomic E-state index is 0.0356. The van der Waals surface area contributed by atoms with Crippen molar-refractivity contribution in [2.75, 3.05) is 32.1 Å². The first-order valence-electron chi connectivity index (χ1n) is 10.2. The molecule has 1 aliphatic heterocycles. The maximum absolute atomic E-state index is 12.4. The number of nitrogens with zero attached hydrogens (tertiary/aromatic N) is 3. The number of hydrogen-bond donors (Lipinski definition) is 1. The van der Waals surface area contributed by atoms with Crippen molar-refractivity contribution in [1.82, 2.24) is 15.1 Å². The molecule has 6 nitrogen and oxygen atoms in total. The van der Waals surface area contributed by atoms with Crippen LogP contribution in [0, 0.1) is 6.92 Å². The lowest BCUT2D eigenvalue weighted by atomic mass is 9.98. The van der Waals surface area contributed by atoms with Gasteiger partial charge in [0, 0.05) is 11.6 Å². The van der Waals surface area contributed by atoms with E-state index in [1.54, 1.807) is 18.4 Å². The molecule has 1 aromatic heterocycles. The minimum absolute atomic E-state index is 0.0356. The topological polar surface area (TPSA) is 67.4 Å². The number of carbonyl (C=O) groups is 1. The van der Waals surface area contributed by atoms with Gasteiger partial charge in [-0.05, 0) is 62.7 Å². The summed E-state index contributed by atoms with van der Waals surface area (Å²) < 4.78 is 5.45. The lowest BCUT2D eigenvalue weighted by Gasteiger charge is -2.30. The van der Waals surface area contributed by atoms with Crippen molar-refractivity contribution in [2.45, 2.75) is 25.7 Å². The molecule has 2 aromatic carbocycles. The van der Waals surface area contributed by atoms with Gasteiger partial charge in [-0.25, -0.2) is 0 Å². The average molecular weight is 423 g/mol. The first-order valence-corrected chi connectivity index (χ1v) is 11.0. The highest BCUT2D eigenvalue weighted by molar-refractivity contribution is 7.14. The van der Waals surface area contributed by atoms with Crippen LogP contribution in [0.4, 0.5) is 5.69 Å². The second-order valence-electron chi connectivity index (χ2n) is 7.61. The average Bonchev–Trinajstić information content (AvgIpc) is 3.24. The Morgan fingerprint density at radius 3 is 2.73 bits per heavy atom. The lowest BCUT2D eigenvalue weighted by molar-refractivity contribution is -0.117. The number of nitrogens with one attached hydrogen (secondary N) is 1. The molecular weight excluding hydrogens is 396 g/mol. The molecule has 1 saturated heterocycles. The van der Waals surface area contributed by atoms with Crippen LogP contribution in [0.15, 0.2) is 48.5 Å². The van der Waals surface area contributed by atoms with Crippen LogP contribution in [0.1, 0.15) is 29.3 Å². The van der Waals surface area contributed by atoms with E-state index in [0.717, 1.165) is 58.5 Å². The SMILES string of the molecule is COc1ccccc1-c1nnc(C2CCN(CC(=O)Nc3cccc(C)c3)CC2)s1. The van der Waals surface area contributed by atoms with Crippen molar-refractivity contribution < 1.29 is 9.53 Å². The Morgan fingerprint density at radius 2 is 1.97 bits per heavy atom. The Kier molecular flexibility index (Phi) is 6.40. The van der Waals surface area contributed by atoms with E-state index in [9.17, 15) is 4.79 Å². The van der Waals surface area contributed by atoms with E-state index in [2.05, 4.69) is 20.4 Å². The number of likely N-dealkylation sites (tertiary alicyclic amines) is 1. The standard InChI is InChI=1S/C23H26N4O2S/c1-16-6-5-7-18(14-16)24-21(28)15-27-12-10-17(11-13-27)22-25-26-23(30-22)19-8-3-4-9-20(19)29-2/h3-9,14,17H,10-13,15H2,1-2H3,(H,24,28). The number of amides is 1. The summed E-state index contributed by atoms with van der Waals surface area (Å²) in [4.78, 5) is 14.6. The molecule has 1 amide bonds. The zero-order chi connectivity index (χ0) is 20.9. The van der Waals surface area contributed by atoms with Gasteiger partial charge in [0.25, 0.3) is 0 Å². The third-order valence-corrected chi connectivity index (χ3v) is 6.50. The van der Waals surface area contributed by atoms with Crippen LogP contribution in [0.2, 0.25) is 0 Å². The molecule has 0 atom stereocenters. The number of piperidine rings is 1. The van der Waals surface area contributed by atoms with Gasteiger partial charge in [0.15, 0.2) is 5.01 Å². The van der Waals surface area contributed by atoms with Crippen LogP contribution in [0.3, 0.4) is 0 Å². The van der Waals surface area contributed by atoms with Crippen LogP contribution < -0.4 is 10.1 Å². The lowest BCUT2D eigenvalue weighted by Crippen LogP contribution is -2.38. The zero-order valence-electron chi connectivity index (χ0n) is 17.3. The van der Waals surface area contributed by atoms with Crippen LogP contribution in [0.5, 0.6) is 5.75 Å². The molecule has 1 aliphatic rings. The Morgan fingerprint density at radius 1 is 1.17 bits per heavy atom. The van der Waals surface area contributed by atoms with Gasteiger partial charge in [-0.1, -0.05) is 35.6 Å². The Hall–Kier alpha value is -2.77. The minimum Gasteiger partial charge on any atom is -0.496 e. The summed E-state index contributed by atoms with van der Waals surface area (Å²) in [5.41, 5.74) is 2.97. The van der Waals surface area contributed by atoms with Crippen LogP contribution in [-0.4, -0.2) is 47.7 Å². The van der Waals surface area contributed by atoms with Crippen LogP contribution in [-0.2, 0) is 4.79 Å². The Balaban J connectivity index is 1.32. The molecule has 2 heterocycles. The highest BCUT2D eigenvalue weighted by atomic mass is 32.1. The van der Waals surface area contributed by atoms with Gasteiger partial charge >= 0.3 is 0 Å². The van der Waals surface area contributed by atoms with E-state index in [0.29, 0.717) is 12.5 Å². The van der Waals surface area contributed by atoms with E-state index in [1.165, 1.54) is 0 Å². The molecule has 30 heavy (non-hydrogen) atoms. The first-order chi connectivity index (χ1) is 14.6. The molecule has 7 heteroatoms. The fraction of sp³-hybridized carbons (Fsp3) is 0.348. The molecule has 4 rings (SSSR count). The predicted molar refractivity (Wildman–Crippen MR) is 120 cm³/mol. The molecule has 0 radical (unpaired) electrons. The predicted octanol–water partition coefficient (Wildman–Crippen LogP) is 4.34. The third-order valence-electron chi connectivity index (χ3n) is 5.38. The zero-order valence-corrected chi connectivity index (χ0v) is 18.1. The van der Waals surface area contributed by atoms with Crippen molar-refractivity contribution in [1.29, 1.82) is 0 Å². The maximum atomic E-state index is 12.4. The van der Waals surface area contributed by atoms with Crippen molar-refractivity contribution in [3.05, 3.63) is 59.1 Å².